The minimum absolute atomic E-state index is 0.0983. The van der Waals surface area contributed by atoms with Crippen LogP contribution in [0.3, 0.4) is 0 Å². The van der Waals surface area contributed by atoms with Crippen molar-refractivity contribution in [3.63, 3.8) is 0 Å². The number of pyridine rings is 1. The van der Waals surface area contributed by atoms with Crippen molar-refractivity contribution in [2.45, 2.75) is 13.3 Å². The normalized spacial score (nSPS) is 9.95. The summed E-state index contributed by atoms with van der Waals surface area (Å²) in [6, 6.07) is 1.44. The van der Waals surface area contributed by atoms with Gasteiger partial charge in [-0.05, 0) is 28.9 Å². The van der Waals surface area contributed by atoms with E-state index in [1.54, 1.807) is 6.92 Å². The topological polar surface area (TPSA) is 96.8 Å². The number of hydrogen-bond acceptors (Lipinski definition) is 5. The number of rotatable bonds is 5. The third-order valence-electron chi connectivity index (χ3n) is 2.37. The first kappa shape index (κ1) is 16.1. The zero-order valence-corrected chi connectivity index (χ0v) is 12.5. The number of aromatic nitrogens is 1. The lowest BCUT2D eigenvalue weighted by molar-refractivity contribution is -0.145. The number of anilines is 1. The Bertz CT molecular complexity index is 547. The van der Waals surface area contributed by atoms with Gasteiger partial charge < -0.3 is 14.7 Å². The van der Waals surface area contributed by atoms with Crippen LogP contribution in [-0.4, -0.2) is 41.6 Å². The molecule has 1 rings (SSSR count). The van der Waals surface area contributed by atoms with Gasteiger partial charge in [0.25, 0.3) is 0 Å². The van der Waals surface area contributed by atoms with Gasteiger partial charge in [0.15, 0.2) is 5.69 Å². The number of carboxylic acids is 1. The quantitative estimate of drug-likeness (QED) is 0.641. The SMILES string of the molecule is CCOC(=O)CC(=O)N(C)c1cc(Br)cnc1C(=O)O. The molecule has 7 nitrogen and oxygen atoms in total. The van der Waals surface area contributed by atoms with Crippen LogP contribution in [0.4, 0.5) is 5.69 Å². The molecule has 0 fully saturated rings. The van der Waals surface area contributed by atoms with Crippen molar-refractivity contribution in [1.29, 1.82) is 0 Å². The Morgan fingerprint density at radius 1 is 1.45 bits per heavy atom. The number of carbonyl (C=O) groups excluding carboxylic acids is 2. The van der Waals surface area contributed by atoms with E-state index in [2.05, 4.69) is 25.7 Å². The van der Waals surface area contributed by atoms with E-state index in [9.17, 15) is 14.4 Å². The van der Waals surface area contributed by atoms with Crippen LogP contribution in [0.5, 0.6) is 0 Å². The van der Waals surface area contributed by atoms with Gasteiger partial charge in [0.1, 0.15) is 6.42 Å². The van der Waals surface area contributed by atoms with Crippen molar-refractivity contribution < 1.29 is 24.2 Å². The predicted molar refractivity (Wildman–Crippen MR) is 73.6 cm³/mol. The van der Waals surface area contributed by atoms with Crippen LogP contribution in [-0.2, 0) is 14.3 Å². The number of ether oxygens (including phenoxy) is 1. The molecule has 0 bridgehead atoms. The molecule has 0 radical (unpaired) electrons. The van der Waals surface area contributed by atoms with E-state index in [1.807, 2.05) is 0 Å². The summed E-state index contributed by atoms with van der Waals surface area (Å²) in [7, 11) is 1.37. The van der Waals surface area contributed by atoms with Gasteiger partial charge >= 0.3 is 11.9 Å². The molecule has 0 unspecified atom stereocenters. The molecule has 108 valence electrons. The van der Waals surface area contributed by atoms with Crippen LogP contribution in [0.15, 0.2) is 16.7 Å². The average Bonchev–Trinajstić information content (AvgIpc) is 2.37. The van der Waals surface area contributed by atoms with Gasteiger partial charge in [-0.15, -0.1) is 0 Å². The van der Waals surface area contributed by atoms with Crippen LogP contribution in [0.1, 0.15) is 23.8 Å². The van der Waals surface area contributed by atoms with Crippen molar-refractivity contribution >= 4 is 39.5 Å². The molecular formula is C12H13BrN2O5. The first-order chi connectivity index (χ1) is 9.36. The number of hydrogen-bond donors (Lipinski definition) is 1. The first-order valence-corrected chi connectivity index (χ1v) is 6.47. The maximum Gasteiger partial charge on any atom is 0.356 e. The average molecular weight is 345 g/mol. The summed E-state index contributed by atoms with van der Waals surface area (Å²) in [5, 5.41) is 9.05. The molecule has 0 saturated heterocycles. The molecule has 0 aliphatic heterocycles. The van der Waals surface area contributed by atoms with Crippen LogP contribution in [0, 0.1) is 0 Å². The molecule has 0 aliphatic rings. The zero-order valence-electron chi connectivity index (χ0n) is 10.9. The van der Waals surface area contributed by atoms with Crippen molar-refractivity contribution in [3.05, 3.63) is 22.4 Å². The second kappa shape index (κ2) is 6.99. The lowest BCUT2D eigenvalue weighted by Gasteiger charge is -2.18. The molecule has 0 aromatic carbocycles. The number of halogens is 1. The van der Waals surface area contributed by atoms with E-state index < -0.39 is 24.3 Å². The van der Waals surface area contributed by atoms with E-state index in [-0.39, 0.29) is 18.0 Å². The highest BCUT2D eigenvalue weighted by Gasteiger charge is 2.22. The molecule has 0 spiro atoms. The van der Waals surface area contributed by atoms with Crippen molar-refractivity contribution in [1.82, 2.24) is 4.98 Å². The highest BCUT2D eigenvalue weighted by atomic mass is 79.9. The fourth-order valence-corrected chi connectivity index (χ4v) is 1.76. The molecule has 1 amide bonds. The van der Waals surface area contributed by atoms with Crippen molar-refractivity contribution in [2.24, 2.45) is 0 Å². The smallest absolute Gasteiger partial charge is 0.356 e. The lowest BCUT2D eigenvalue weighted by atomic mass is 10.2. The van der Waals surface area contributed by atoms with Crippen LogP contribution in [0.25, 0.3) is 0 Å². The molecular weight excluding hydrogens is 332 g/mol. The molecule has 0 aliphatic carbocycles. The third kappa shape index (κ3) is 4.02. The fraction of sp³-hybridized carbons (Fsp3) is 0.333. The molecule has 1 aromatic rings. The van der Waals surface area contributed by atoms with Crippen molar-refractivity contribution in [3.8, 4) is 0 Å². The Morgan fingerprint density at radius 2 is 2.10 bits per heavy atom. The molecule has 1 N–H and O–H groups in total. The number of esters is 1. The fourth-order valence-electron chi connectivity index (χ4n) is 1.44. The molecule has 1 heterocycles. The highest BCUT2D eigenvalue weighted by molar-refractivity contribution is 9.10. The summed E-state index contributed by atoms with van der Waals surface area (Å²) in [6.45, 7) is 1.81. The molecule has 0 atom stereocenters. The minimum Gasteiger partial charge on any atom is -0.476 e. The largest absolute Gasteiger partial charge is 0.476 e. The first-order valence-electron chi connectivity index (χ1n) is 5.67. The number of nitrogens with zero attached hydrogens (tertiary/aromatic N) is 2. The molecule has 8 heteroatoms. The number of carbonyl (C=O) groups is 3. The van der Waals surface area contributed by atoms with Crippen LogP contribution >= 0.6 is 15.9 Å². The lowest BCUT2D eigenvalue weighted by Crippen LogP contribution is -2.30. The summed E-state index contributed by atoms with van der Waals surface area (Å²) in [6.07, 6.45) is 0.854. The number of carboxylic acid groups (broad SMARTS) is 1. The van der Waals surface area contributed by atoms with Gasteiger partial charge in [-0.25, -0.2) is 9.78 Å². The van der Waals surface area contributed by atoms with Gasteiger partial charge in [0.05, 0.1) is 12.3 Å². The van der Waals surface area contributed by atoms with Gasteiger partial charge in [0.2, 0.25) is 5.91 Å². The summed E-state index contributed by atoms with van der Waals surface area (Å²) in [5.74, 6) is -2.50. The Balaban J connectivity index is 2.99. The van der Waals surface area contributed by atoms with Gasteiger partial charge in [0, 0.05) is 17.7 Å². The Kier molecular flexibility index (Phi) is 5.63. The Morgan fingerprint density at radius 3 is 2.65 bits per heavy atom. The van der Waals surface area contributed by atoms with Crippen LogP contribution < -0.4 is 4.90 Å². The molecule has 0 saturated carbocycles. The van der Waals surface area contributed by atoms with Gasteiger partial charge in [-0.3, -0.25) is 9.59 Å². The maximum atomic E-state index is 11.9. The van der Waals surface area contributed by atoms with Crippen molar-refractivity contribution in [2.75, 3.05) is 18.6 Å². The second-order valence-electron chi connectivity index (χ2n) is 3.76. The summed E-state index contributed by atoms with van der Waals surface area (Å²) >= 11 is 3.15. The Hall–Kier alpha value is -1.96. The van der Waals surface area contributed by atoms with E-state index in [0.717, 1.165) is 4.90 Å². The monoisotopic (exact) mass is 344 g/mol. The predicted octanol–water partition coefficient (Wildman–Crippen LogP) is 1.46. The molecule has 20 heavy (non-hydrogen) atoms. The Labute approximate surface area is 123 Å². The zero-order chi connectivity index (χ0) is 15.3. The van der Waals surface area contributed by atoms with E-state index >= 15 is 0 Å². The molecule has 1 aromatic heterocycles. The van der Waals surface area contributed by atoms with E-state index in [1.165, 1.54) is 19.3 Å². The second-order valence-corrected chi connectivity index (χ2v) is 4.68. The van der Waals surface area contributed by atoms with Gasteiger partial charge in [-0.1, -0.05) is 0 Å². The number of amides is 1. The minimum atomic E-state index is -1.26. The maximum absolute atomic E-state index is 11.9. The summed E-state index contributed by atoms with van der Waals surface area (Å²) in [4.78, 5) is 39.1. The van der Waals surface area contributed by atoms with Crippen LogP contribution in [0.2, 0.25) is 0 Å². The third-order valence-corrected chi connectivity index (χ3v) is 2.81. The summed E-state index contributed by atoms with van der Waals surface area (Å²) < 4.78 is 5.19. The highest BCUT2D eigenvalue weighted by Crippen LogP contribution is 2.23. The summed E-state index contributed by atoms with van der Waals surface area (Å²) in [5.41, 5.74) is -0.172. The number of aromatic carboxylic acids is 1. The van der Waals surface area contributed by atoms with E-state index in [0.29, 0.717) is 4.47 Å². The standard InChI is InChI=1S/C12H13BrN2O5/c1-3-20-10(17)5-9(16)15(2)8-4-7(13)6-14-11(8)12(18)19/h4,6H,3,5H2,1-2H3,(H,18,19). The van der Waals surface area contributed by atoms with Gasteiger partial charge in [-0.2, -0.15) is 0 Å². The van der Waals surface area contributed by atoms with E-state index in [4.69, 9.17) is 5.11 Å².